The van der Waals surface area contributed by atoms with Gasteiger partial charge in [-0.2, -0.15) is 13.2 Å². The molecule has 0 radical (unpaired) electrons. The molecule has 1 amide bonds. The number of hydrogen-bond acceptors (Lipinski definition) is 5. The SMILES string of the molecule is CC(C)(C)OC(=O)C(CC(=O)N1CCn2c(C(F)(F)F)nc(C(=O)O)c2C1)Cc1cc(F)c(F)cc1F. The van der Waals surface area contributed by atoms with Crippen LogP contribution in [-0.2, 0) is 40.0 Å². The zero-order chi connectivity index (χ0) is 27.9. The van der Waals surface area contributed by atoms with Crippen molar-refractivity contribution in [3.8, 4) is 0 Å². The van der Waals surface area contributed by atoms with Crippen molar-refractivity contribution in [1.29, 1.82) is 0 Å². The van der Waals surface area contributed by atoms with Gasteiger partial charge >= 0.3 is 18.1 Å². The van der Waals surface area contributed by atoms with Crippen molar-refractivity contribution in [1.82, 2.24) is 14.5 Å². The summed E-state index contributed by atoms with van der Waals surface area (Å²) in [6.45, 7) is 3.41. The number of rotatable bonds is 6. The molecular weight excluding hydrogens is 512 g/mol. The molecule has 0 saturated carbocycles. The number of amides is 1. The zero-order valence-electron chi connectivity index (χ0n) is 20.0. The summed E-state index contributed by atoms with van der Waals surface area (Å²) in [6.07, 6.45) is -6.07. The first-order valence-corrected chi connectivity index (χ1v) is 11.0. The molecule has 0 aliphatic carbocycles. The van der Waals surface area contributed by atoms with E-state index in [-0.39, 0.29) is 17.8 Å². The molecule has 2 aromatic rings. The number of imidazole rings is 1. The number of nitrogens with zero attached hydrogens (tertiary/aromatic N) is 3. The maximum absolute atomic E-state index is 14.3. The van der Waals surface area contributed by atoms with E-state index in [4.69, 9.17) is 4.74 Å². The van der Waals surface area contributed by atoms with Crippen LogP contribution < -0.4 is 0 Å². The molecule has 1 atom stereocenters. The number of hydrogen-bond donors (Lipinski definition) is 1. The second-order valence-electron chi connectivity index (χ2n) is 9.50. The van der Waals surface area contributed by atoms with Crippen molar-refractivity contribution in [2.75, 3.05) is 6.54 Å². The van der Waals surface area contributed by atoms with E-state index >= 15 is 0 Å². The fourth-order valence-corrected chi connectivity index (χ4v) is 3.92. The predicted octanol–water partition coefficient (Wildman–Crippen LogP) is 3.95. The van der Waals surface area contributed by atoms with Crippen LogP contribution in [0.1, 0.15) is 54.8 Å². The van der Waals surface area contributed by atoms with Crippen LogP contribution in [0, 0.1) is 23.4 Å². The Morgan fingerprint density at radius 2 is 1.68 bits per heavy atom. The lowest BCUT2D eigenvalue weighted by Gasteiger charge is -2.31. The minimum absolute atomic E-state index is 0.259. The van der Waals surface area contributed by atoms with E-state index in [2.05, 4.69) is 4.98 Å². The summed E-state index contributed by atoms with van der Waals surface area (Å²) in [6, 6.07) is 0.861. The lowest BCUT2D eigenvalue weighted by Crippen LogP contribution is -2.41. The number of halogens is 6. The number of fused-ring (bicyclic) bond motifs is 1. The van der Waals surface area contributed by atoms with E-state index in [1.54, 1.807) is 20.8 Å². The summed E-state index contributed by atoms with van der Waals surface area (Å²) in [4.78, 5) is 41.6. The van der Waals surface area contributed by atoms with Crippen LogP contribution in [-0.4, -0.2) is 49.5 Å². The summed E-state index contributed by atoms with van der Waals surface area (Å²) >= 11 is 0. The van der Waals surface area contributed by atoms with Crippen LogP contribution in [0.15, 0.2) is 12.1 Å². The predicted molar refractivity (Wildman–Crippen MR) is 114 cm³/mol. The molecule has 3 rings (SSSR count). The van der Waals surface area contributed by atoms with Gasteiger partial charge < -0.3 is 19.3 Å². The fraction of sp³-hybridized carbons (Fsp3) is 0.478. The summed E-state index contributed by atoms with van der Waals surface area (Å²) in [5.74, 6) is -10.1. The Balaban J connectivity index is 1.87. The molecule has 37 heavy (non-hydrogen) atoms. The van der Waals surface area contributed by atoms with Gasteiger partial charge in [-0.3, -0.25) is 9.59 Å². The van der Waals surface area contributed by atoms with Gasteiger partial charge in [0.2, 0.25) is 11.7 Å². The highest BCUT2D eigenvalue weighted by Crippen LogP contribution is 2.33. The first-order chi connectivity index (χ1) is 17.0. The minimum Gasteiger partial charge on any atom is -0.476 e. The third-order valence-electron chi connectivity index (χ3n) is 5.53. The lowest BCUT2D eigenvalue weighted by atomic mass is 9.94. The molecule has 0 saturated heterocycles. The first kappa shape index (κ1) is 28.0. The van der Waals surface area contributed by atoms with Crippen LogP contribution >= 0.6 is 0 Å². The quantitative estimate of drug-likeness (QED) is 0.342. The third-order valence-corrected chi connectivity index (χ3v) is 5.53. The molecule has 14 heteroatoms. The van der Waals surface area contributed by atoms with Gasteiger partial charge in [0.25, 0.3) is 0 Å². The molecule has 0 fully saturated rings. The van der Waals surface area contributed by atoms with Crippen molar-refractivity contribution < 1.29 is 50.6 Å². The Morgan fingerprint density at radius 1 is 1.05 bits per heavy atom. The van der Waals surface area contributed by atoms with E-state index in [9.17, 15) is 45.8 Å². The number of carboxylic acid groups (broad SMARTS) is 1. The van der Waals surface area contributed by atoms with E-state index in [1.807, 2.05) is 0 Å². The lowest BCUT2D eigenvalue weighted by molar-refractivity contribution is -0.162. The largest absolute Gasteiger partial charge is 0.476 e. The van der Waals surface area contributed by atoms with Crippen molar-refractivity contribution in [2.45, 2.75) is 58.5 Å². The summed E-state index contributed by atoms with van der Waals surface area (Å²) in [5.41, 5.74) is -2.60. The fourth-order valence-electron chi connectivity index (χ4n) is 3.92. The third kappa shape index (κ3) is 6.41. The zero-order valence-corrected chi connectivity index (χ0v) is 20.0. The highest BCUT2D eigenvalue weighted by molar-refractivity contribution is 5.87. The normalized spacial score (nSPS) is 14.8. The van der Waals surface area contributed by atoms with Crippen molar-refractivity contribution in [3.63, 3.8) is 0 Å². The van der Waals surface area contributed by atoms with E-state index in [0.29, 0.717) is 16.7 Å². The van der Waals surface area contributed by atoms with Gasteiger partial charge in [0.1, 0.15) is 11.4 Å². The van der Waals surface area contributed by atoms with Crippen molar-refractivity contribution in [2.24, 2.45) is 5.92 Å². The molecule has 1 unspecified atom stereocenters. The average Bonchev–Trinajstić information content (AvgIpc) is 3.15. The maximum Gasteiger partial charge on any atom is 0.449 e. The van der Waals surface area contributed by atoms with Gasteiger partial charge in [-0.1, -0.05) is 0 Å². The topological polar surface area (TPSA) is 102 Å². The summed E-state index contributed by atoms with van der Waals surface area (Å²) in [7, 11) is 0. The van der Waals surface area contributed by atoms with Crippen LogP contribution in [0.3, 0.4) is 0 Å². The second kappa shape index (κ2) is 10.1. The number of esters is 1. The number of carbonyl (C=O) groups excluding carboxylic acids is 2. The van der Waals surface area contributed by atoms with Gasteiger partial charge in [-0.05, 0) is 38.8 Å². The van der Waals surface area contributed by atoms with E-state index in [0.717, 1.165) is 4.90 Å². The van der Waals surface area contributed by atoms with Crippen LogP contribution in [0.2, 0.25) is 0 Å². The minimum atomic E-state index is -4.93. The van der Waals surface area contributed by atoms with Crippen LogP contribution in [0.4, 0.5) is 26.3 Å². The number of carboxylic acids is 1. The number of carbonyl (C=O) groups is 3. The van der Waals surface area contributed by atoms with Crippen molar-refractivity contribution in [3.05, 3.63) is 52.4 Å². The molecule has 2 heterocycles. The van der Waals surface area contributed by atoms with Crippen molar-refractivity contribution >= 4 is 17.8 Å². The molecular formula is C23H23F6N3O5. The molecule has 8 nitrogen and oxygen atoms in total. The molecule has 0 spiro atoms. The number of ether oxygens (including phenoxy) is 1. The second-order valence-corrected chi connectivity index (χ2v) is 9.50. The standard InChI is InChI=1S/C23H23F6N3O5/c1-22(2,3)37-20(36)12(6-11-7-14(25)15(26)9-13(11)24)8-17(33)31-4-5-32-16(10-31)18(19(34)35)30-21(32)23(27,28)29/h7,9,12H,4-6,8,10H2,1-3H3,(H,34,35). The van der Waals surface area contributed by atoms with Gasteiger partial charge in [-0.25, -0.2) is 22.9 Å². The monoisotopic (exact) mass is 535 g/mol. The Labute approximate surface area is 206 Å². The van der Waals surface area contributed by atoms with Crippen LogP contribution in [0.5, 0.6) is 0 Å². The van der Waals surface area contributed by atoms with Gasteiger partial charge in [-0.15, -0.1) is 0 Å². The molecule has 0 bridgehead atoms. The molecule has 1 aromatic carbocycles. The van der Waals surface area contributed by atoms with Crippen LogP contribution in [0.25, 0.3) is 0 Å². The molecule has 1 aliphatic heterocycles. The Hall–Kier alpha value is -3.58. The maximum atomic E-state index is 14.3. The molecule has 1 aliphatic rings. The summed E-state index contributed by atoms with van der Waals surface area (Å²) < 4.78 is 87.2. The smallest absolute Gasteiger partial charge is 0.449 e. The van der Waals surface area contributed by atoms with E-state index in [1.165, 1.54) is 0 Å². The number of aromatic nitrogens is 2. The number of alkyl halides is 3. The number of benzene rings is 1. The van der Waals surface area contributed by atoms with E-state index < -0.39 is 90.4 Å². The first-order valence-electron chi connectivity index (χ1n) is 11.0. The summed E-state index contributed by atoms with van der Waals surface area (Å²) in [5, 5.41) is 9.30. The number of aromatic carboxylic acids is 1. The van der Waals surface area contributed by atoms with Gasteiger partial charge in [0.05, 0.1) is 18.2 Å². The molecule has 1 N–H and O–H groups in total. The Bertz CT molecular complexity index is 1230. The Morgan fingerprint density at radius 3 is 2.24 bits per heavy atom. The highest BCUT2D eigenvalue weighted by atomic mass is 19.4. The van der Waals surface area contributed by atoms with Gasteiger partial charge in [0.15, 0.2) is 17.3 Å². The highest BCUT2D eigenvalue weighted by Gasteiger charge is 2.42. The average molecular weight is 535 g/mol. The molecule has 202 valence electrons. The Kier molecular flexibility index (Phi) is 7.61. The van der Waals surface area contributed by atoms with Gasteiger partial charge in [0, 0.05) is 25.6 Å². The molecule has 1 aromatic heterocycles.